The fourth-order valence-electron chi connectivity index (χ4n) is 5.11. The number of benzene rings is 2. The highest BCUT2D eigenvalue weighted by Gasteiger charge is 2.53. The second kappa shape index (κ2) is 9.75. The summed E-state index contributed by atoms with van der Waals surface area (Å²) in [5, 5.41) is 2.96. The number of amides is 2. The average molecular weight is 465 g/mol. The number of hydrogen-bond donors (Lipinski definition) is 2. The Morgan fingerprint density at radius 1 is 1.15 bits per heavy atom. The van der Waals surface area contributed by atoms with E-state index in [1.54, 1.807) is 39.5 Å². The Labute approximate surface area is 200 Å². The molecule has 8 nitrogen and oxygen atoms in total. The normalized spacial score (nSPS) is 20.7. The highest BCUT2D eigenvalue weighted by Crippen LogP contribution is 2.46. The van der Waals surface area contributed by atoms with Crippen molar-refractivity contribution in [1.82, 2.24) is 4.90 Å². The molecule has 1 unspecified atom stereocenters. The number of carbonyl (C=O) groups excluding carboxylic acids is 2. The van der Waals surface area contributed by atoms with Gasteiger partial charge in [0.25, 0.3) is 5.91 Å². The molecule has 34 heavy (non-hydrogen) atoms. The molecule has 2 amide bonds. The minimum absolute atomic E-state index is 0.0734. The third kappa shape index (κ3) is 4.32. The van der Waals surface area contributed by atoms with Crippen LogP contribution in [0.25, 0.3) is 0 Å². The molecule has 0 saturated heterocycles. The number of methoxy groups -OCH3 is 2. The van der Waals surface area contributed by atoms with E-state index in [1.165, 1.54) is 11.3 Å². The molecule has 2 aromatic rings. The van der Waals surface area contributed by atoms with Crippen LogP contribution in [-0.4, -0.2) is 43.9 Å². The molecular formula is C26H32N4O4. The Kier molecular flexibility index (Phi) is 6.77. The van der Waals surface area contributed by atoms with E-state index in [9.17, 15) is 9.59 Å². The minimum atomic E-state index is -1.05. The Bertz CT molecular complexity index is 1110. The van der Waals surface area contributed by atoms with Crippen molar-refractivity contribution in [1.29, 1.82) is 0 Å². The first-order valence-corrected chi connectivity index (χ1v) is 11.6. The van der Waals surface area contributed by atoms with E-state index in [4.69, 9.17) is 20.2 Å². The molecule has 0 radical (unpaired) electrons. The molecule has 8 heteroatoms. The molecule has 1 aliphatic heterocycles. The zero-order valence-electron chi connectivity index (χ0n) is 20.0. The Morgan fingerprint density at radius 3 is 2.56 bits per heavy atom. The van der Waals surface area contributed by atoms with Crippen LogP contribution in [0.2, 0.25) is 0 Å². The number of nitrogens with one attached hydrogen (secondary N) is 1. The topological polar surface area (TPSA) is 106 Å². The quantitative estimate of drug-likeness (QED) is 0.653. The highest BCUT2D eigenvalue weighted by atomic mass is 16.5. The maximum absolute atomic E-state index is 13.5. The molecule has 2 aromatic carbocycles. The Hall–Kier alpha value is -3.55. The van der Waals surface area contributed by atoms with Crippen LogP contribution in [0, 0.1) is 5.92 Å². The Balaban J connectivity index is 1.61. The van der Waals surface area contributed by atoms with Gasteiger partial charge in [0.05, 0.1) is 20.6 Å². The first-order chi connectivity index (χ1) is 16.4. The lowest BCUT2D eigenvalue weighted by Crippen LogP contribution is -2.45. The highest BCUT2D eigenvalue weighted by molar-refractivity contribution is 6.07. The van der Waals surface area contributed by atoms with E-state index in [0.29, 0.717) is 17.2 Å². The van der Waals surface area contributed by atoms with Crippen LogP contribution in [-0.2, 0) is 21.5 Å². The monoisotopic (exact) mass is 464 g/mol. The first kappa shape index (κ1) is 23.6. The minimum Gasteiger partial charge on any atom is -0.497 e. The summed E-state index contributed by atoms with van der Waals surface area (Å²) < 4.78 is 10.7. The molecule has 0 bridgehead atoms. The maximum atomic E-state index is 13.5. The van der Waals surface area contributed by atoms with Gasteiger partial charge in [-0.05, 0) is 54.7 Å². The third-order valence-electron chi connectivity index (χ3n) is 6.89. The van der Waals surface area contributed by atoms with Crippen molar-refractivity contribution in [3.63, 3.8) is 0 Å². The third-order valence-corrected chi connectivity index (χ3v) is 6.89. The molecule has 1 atom stereocenters. The van der Waals surface area contributed by atoms with Crippen LogP contribution in [0.3, 0.4) is 0 Å². The van der Waals surface area contributed by atoms with E-state index in [1.807, 2.05) is 24.3 Å². The summed E-state index contributed by atoms with van der Waals surface area (Å²) in [6, 6.07) is 12.8. The van der Waals surface area contributed by atoms with E-state index in [-0.39, 0.29) is 30.1 Å². The fraction of sp³-hybridized carbons (Fsp3) is 0.423. The van der Waals surface area contributed by atoms with Gasteiger partial charge in [0.15, 0.2) is 11.5 Å². The predicted molar refractivity (Wildman–Crippen MR) is 131 cm³/mol. The van der Waals surface area contributed by atoms with Gasteiger partial charge in [0.1, 0.15) is 11.5 Å². The van der Waals surface area contributed by atoms with Gasteiger partial charge in [0, 0.05) is 18.3 Å². The number of nitrogens with two attached hydrogens (primary N) is 1. The zero-order chi connectivity index (χ0) is 24.3. The van der Waals surface area contributed by atoms with Crippen molar-refractivity contribution in [2.45, 2.75) is 44.1 Å². The second-order valence-corrected chi connectivity index (χ2v) is 8.92. The van der Waals surface area contributed by atoms with E-state index in [0.717, 1.165) is 36.8 Å². The van der Waals surface area contributed by atoms with Gasteiger partial charge in [-0.25, -0.2) is 4.99 Å². The van der Waals surface area contributed by atoms with Crippen molar-refractivity contribution >= 4 is 23.5 Å². The molecule has 0 aromatic heterocycles. The number of ether oxygens (including phenoxy) is 2. The molecule has 3 N–H and O–H groups in total. The van der Waals surface area contributed by atoms with Crippen molar-refractivity contribution in [3.8, 4) is 11.5 Å². The van der Waals surface area contributed by atoms with E-state index >= 15 is 0 Å². The summed E-state index contributed by atoms with van der Waals surface area (Å²) in [6.45, 7) is 0. The molecule has 1 fully saturated rings. The van der Waals surface area contributed by atoms with Gasteiger partial charge >= 0.3 is 0 Å². The molecule has 4 rings (SSSR count). The SMILES string of the molecule is COc1ccc(OC)c(CC(=O)Nc2cccc(C3(C4CCCCC4)N=C(N)N(C)C3=O)c2)c1. The van der Waals surface area contributed by atoms with E-state index in [2.05, 4.69) is 5.32 Å². The van der Waals surface area contributed by atoms with Gasteiger partial charge < -0.3 is 20.5 Å². The standard InChI is InChI=1S/C26H32N4O4/c1-30-24(32)26(29-25(30)27,18-8-5-4-6-9-18)19-10-7-11-20(16-19)28-23(31)15-17-14-21(33-2)12-13-22(17)34-3/h7,10-14,16,18H,4-6,8-9,15H2,1-3H3,(H2,27,29)(H,28,31). The van der Waals surface area contributed by atoms with Crippen molar-refractivity contribution in [2.75, 3.05) is 26.6 Å². The second-order valence-electron chi connectivity index (χ2n) is 8.92. The number of hydrogen-bond acceptors (Lipinski definition) is 6. The molecule has 1 aliphatic carbocycles. The van der Waals surface area contributed by atoms with Gasteiger partial charge in [-0.15, -0.1) is 0 Å². The summed E-state index contributed by atoms with van der Waals surface area (Å²) >= 11 is 0. The molecule has 0 spiro atoms. The summed E-state index contributed by atoms with van der Waals surface area (Å²) in [5.41, 5.74) is 7.15. The number of likely N-dealkylation sites (N-methyl/N-ethyl adjacent to an activating group) is 1. The number of guanidine groups is 1. The van der Waals surface area contributed by atoms with Crippen LogP contribution in [0.15, 0.2) is 47.5 Å². The zero-order valence-corrected chi connectivity index (χ0v) is 20.0. The van der Waals surface area contributed by atoms with Gasteiger partial charge in [0.2, 0.25) is 5.91 Å². The van der Waals surface area contributed by atoms with Crippen molar-refractivity contribution < 1.29 is 19.1 Å². The van der Waals surface area contributed by atoms with Gasteiger partial charge in [-0.2, -0.15) is 0 Å². The van der Waals surface area contributed by atoms with Crippen molar-refractivity contribution in [3.05, 3.63) is 53.6 Å². The Morgan fingerprint density at radius 2 is 1.91 bits per heavy atom. The molecular weight excluding hydrogens is 432 g/mol. The lowest BCUT2D eigenvalue weighted by Gasteiger charge is -2.36. The molecule has 180 valence electrons. The average Bonchev–Trinajstić information content (AvgIpc) is 3.09. The molecule has 1 saturated carbocycles. The summed E-state index contributed by atoms with van der Waals surface area (Å²) in [5.74, 6) is 1.26. The summed E-state index contributed by atoms with van der Waals surface area (Å²) in [6.07, 6.45) is 5.26. The molecule has 2 aliphatic rings. The van der Waals surface area contributed by atoms with Crippen molar-refractivity contribution in [2.24, 2.45) is 16.6 Å². The number of aliphatic imine (C=N–C) groups is 1. The number of nitrogens with zero attached hydrogens (tertiary/aromatic N) is 2. The summed E-state index contributed by atoms with van der Waals surface area (Å²) in [4.78, 5) is 32.5. The number of anilines is 1. The smallest absolute Gasteiger partial charge is 0.261 e. The molecule has 1 heterocycles. The van der Waals surface area contributed by atoms with E-state index < -0.39 is 5.54 Å². The summed E-state index contributed by atoms with van der Waals surface area (Å²) in [7, 11) is 4.81. The number of carbonyl (C=O) groups is 2. The maximum Gasteiger partial charge on any atom is 0.261 e. The van der Waals surface area contributed by atoms with Crippen LogP contribution >= 0.6 is 0 Å². The lowest BCUT2D eigenvalue weighted by molar-refractivity contribution is -0.133. The van der Waals surface area contributed by atoms with Crippen LogP contribution in [0.5, 0.6) is 11.5 Å². The van der Waals surface area contributed by atoms with Crippen LogP contribution < -0.4 is 20.5 Å². The van der Waals surface area contributed by atoms with Gasteiger partial charge in [-0.3, -0.25) is 14.5 Å². The first-order valence-electron chi connectivity index (χ1n) is 11.6. The van der Waals surface area contributed by atoms with Crippen LogP contribution in [0.1, 0.15) is 43.2 Å². The lowest BCUT2D eigenvalue weighted by atomic mass is 9.71. The number of rotatable bonds is 7. The fourth-order valence-corrected chi connectivity index (χ4v) is 5.11. The van der Waals surface area contributed by atoms with Crippen LogP contribution in [0.4, 0.5) is 5.69 Å². The van der Waals surface area contributed by atoms with Gasteiger partial charge in [-0.1, -0.05) is 31.4 Å². The largest absolute Gasteiger partial charge is 0.497 e. The predicted octanol–water partition coefficient (Wildman–Crippen LogP) is 3.45.